The van der Waals surface area contributed by atoms with E-state index in [9.17, 15) is 4.79 Å². The molecular formula is C13H9BrCl2N2O2S. The van der Waals surface area contributed by atoms with Crippen molar-refractivity contribution < 1.29 is 9.21 Å². The molecular weight excluding hydrogens is 399 g/mol. The average Bonchev–Trinajstić information content (AvgIpc) is 2.84. The van der Waals surface area contributed by atoms with E-state index in [0.717, 1.165) is 5.56 Å². The van der Waals surface area contributed by atoms with Gasteiger partial charge in [-0.05, 0) is 58.0 Å². The van der Waals surface area contributed by atoms with Gasteiger partial charge in [-0.1, -0.05) is 29.3 Å². The Labute approximate surface area is 144 Å². The van der Waals surface area contributed by atoms with E-state index in [4.69, 9.17) is 39.8 Å². The number of amides is 1. The van der Waals surface area contributed by atoms with Crippen LogP contribution in [0.3, 0.4) is 0 Å². The van der Waals surface area contributed by atoms with E-state index >= 15 is 0 Å². The fourth-order valence-corrected chi connectivity index (χ4v) is 2.43. The SMILES string of the molecule is O=C(NC(=S)NCc1ccc(Cl)cc1Cl)c1ccc(Br)o1. The van der Waals surface area contributed by atoms with Gasteiger partial charge in [-0.25, -0.2) is 0 Å². The minimum absolute atomic E-state index is 0.163. The third kappa shape index (κ3) is 4.71. The molecule has 0 bridgehead atoms. The quantitative estimate of drug-likeness (QED) is 0.750. The second-order valence-electron chi connectivity index (χ2n) is 3.98. The van der Waals surface area contributed by atoms with Gasteiger partial charge in [0.1, 0.15) is 0 Å². The third-order valence-electron chi connectivity index (χ3n) is 2.48. The van der Waals surface area contributed by atoms with Crippen LogP contribution >= 0.6 is 51.3 Å². The maximum atomic E-state index is 11.8. The van der Waals surface area contributed by atoms with E-state index in [2.05, 4.69) is 26.6 Å². The fourth-order valence-electron chi connectivity index (χ4n) is 1.49. The molecule has 21 heavy (non-hydrogen) atoms. The predicted molar refractivity (Wildman–Crippen MR) is 89.8 cm³/mol. The summed E-state index contributed by atoms with van der Waals surface area (Å²) < 4.78 is 5.59. The van der Waals surface area contributed by atoms with Gasteiger partial charge in [0.25, 0.3) is 5.91 Å². The van der Waals surface area contributed by atoms with Crippen LogP contribution in [0.4, 0.5) is 0 Å². The molecule has 1 aromatic carbocycles. The Kier molecular flexibility index (Phi) is 5.64. The molecule has 2 aromatic rings. The first-order valence-electron chi connectivity index (χ1n) is 5.74. The Balaban J connectivity index is 1.89. The highest BCUT2D eigenvalue weighted by Crippen LogP contribution is 2.20. The van der Waals surface area contributed by atoms with Gasteiger partial charge < -0.3 is 9.73 Å². The van der Waals surface area contributed by atoms with Crippen LogP contribution in [0.25, 0.3) is 0 Å². The number of halogens is 3. The van der Waals surface area contributed by atoms with Crippen LogP contribution in [-0.2, 0) is 6.54 Å². The topological polar surface area (TPSA) is 54.3 Å². The Morgan fingerprint density at radius 3 is 2.67 bits per heavy atom. The first-order valence-corrected chi connectivity index (χ1v) is 7.70. The molecule has 2 rings (SSSR count). The maximum Gasteiger partial charge on any atom is 0.293 e. The molecule has 0 saturated carbocycles. The van der Waals surface area contributed by atoms with Crippen molar-refractivity contribution in [2.45, 2.75) is 6.54 Å². The van der Waals surface area contributed by atoms with Crippen LogP contribution < -0.4 is 10.6 Å². The predicted octanol–water partition coefficient (Wildman–Crippen LogP) is 4.15. The van der Waals surface area contributed by atoms with E-state index in [1.165, 1.54) is 6.07 Å². The molecule has 4 nitrogen and oxygen atoms in total. The van der Waals surface area contributed by atoms with E-state index in [1.807, 2.05) is 0 Å². The van der Waals surface area contributed by atoms with Gasteiger partial charge in [-0.2, -0.15) is 0 Å². The van der Waals surface area contributed by atoms with Crippen molar-refractivity contribution in [3.05, 3.63) is 56.4 Å². The second kappa shape index (κ2) is 7.26. The number of nitrogens with one attached hydrogen (secondary N) is 2. The molecule has 0 aliphatic rings. The zero-order valence-electron chi connectivity index (χ0n) is 10.5. The van der Waals surface area contributed by atoms with Crippen molar-refractivity contribution in [1.82, 2.24) is 10.6 Å². The molecule has 0 spiro atoms. The fraction of sp³-hybridized carbons (Fsp3) is 0.0769. The van der Waals surface area contributed by atoms with Gasteiger partial charge in [0, 0.05) is 16.6 Å². The van der Waals surface area contributed by atoms with E-state index in [-0.39, 0.29) is 10.9 Å². The van der Waals surface area contributed by atoms with Crippen molar-refractivity contribution in [3.8, 4) is 0 Å². The Morgan fingerprint density at radius 2 is 2.05 bits per heavy atom. The highest BCUT2D eigenvalue weighted by Gasteiger charge is 2.12. The highest BCUT2D eigenvalue weighted by molar-refractivity contribution is 9.10. The lowest BCUT2D eigenvalue weighted by Gasteiger charge is -2.10. The molecule has 0 aliphatic carbocycles. The van der Waals surface area contributed by atoms with E-state index in [1.54, 1.807) is 24.3 Å². The second-order valence-corrected chi connectivity index (χ2v) is 6.01. The first kappa shape index (κ1) is 16.3. The summed E-state index contributed by atoms with van der Waals surface area (Å²) >= 11 is 20.0. The molecule has 110 valence electrons. The molecule has 0 atom stereocenters. The van der Waals surface area contributed by atoms with Crippen molar-refractivity contribution in [2.75, 3.05) is 0 Å². The van der Waals surface area contributed by atoms with Gasteiger partial charge in [0.2, 0.25) is 0 Å². The third-order valence-corrected chi connectivity index (χ3v) is 3.74. The van der Waals surface area contributed by atoms with Crippen molar-refractivity contribution >= 4 is 62.4 Å². The first-order chi connectivity index (χ1) is 9.95. The van der Waals surface area contributed by atoms with Crippen LogP contribution in [0.5, 0.6) is 0 Å². The number of benzene rings is 1. The number of carbonyl (C=O) groups excluding carboxylic acids is 1. The summed E-state index contributed by atoms with van der Waals surface area (Å²) in [6, 6.07) is 8.32. The minimum Gasteiger partial charge on any atom is -0.444 e. The summed E-state index contributed by atoms with van der Waals surface area (Å²) in [7, 11) is 0. The molecule has 0 saturated heterocycles. The number of hydrogen-bond acceptors (Lipinski definition) is 3. The largest absolute Gasteiger partial charge is 0.444 e. The highest BCUT2D eigenvalue weighted by atomic mass is 79.9. The van der Waals surface area contributed by atoms with Gasteiger partial charge in [0.05, 0.1) is 0 Å². The van der Waals surface area contributed by atoms with E-state index < -0.39 is 5.91 Å². The van der Waals surface area contributed by atoms with Crippen LogP contribution in [0.15, 0.2) is 39.4 Å². The standard InChI is InChI=1S/C13H9BrCl2N2O2S/c14-11-4-3-10(20-11)12(19)18-13(21)17-6-7-1-2-8(15)5-9(7)16/h1-5H,6H2,(H2,17,18,19,21). The molecule has 1 amide bonds. The van der Waals surface area contributed by atoms with Crippen LogP contribution in [0, 0.1) is 0 Å². The van der Waals surface area contributed by atoms with Crippen molar-refractivity contribution in [1.29, 1.82) is 0 Å². The average molecular weight is 408 g/mol. The lowest BCUT2D eigenvalue weighted by atomic mass is 10.2. The minimum atomic E-state index is -0.430. The lowest BCUT2D eigenvalue weighted by Crippen LogP contribution is -2.38. The van der Waals surface area contributed by atoms with Gasteiger partial charge >= 0.3 is 0 Å². The zero-order chi connectivity index (χ0) is 15.4. The van der Waals surface area contributed by atoms with Crippen molar-refractivity contribution in [2.24, 2.45) is 0 Å². The Hall–Kier alpha value is -1.08. The normalized spacial score (nSPS) is 10.2. The number of hydrogen-bond donors (Lipinski definition) is 2. The van der Waals surface area contributed by atoms with Crippen LogP contribution in [0.2, 0.25) is 10.0 Å². The number of thiocarbonyl (C=S) groups is 1. The summed E-state index contributed by atoms with van der Waals surface area (Å²) in [5, 5.41) is 6.66. The smallest absolute Gasteiger partial charge is 0.293 e. The summed E-state index contributed by atoms with van der Waals surface area (Å²) in [6.45, 7) is 0.372. The summed E-state index contributed by atoms with van der Waals surface area (Å²) in [5.74, 6) is -0.268. The maximum absolute atomic E-state index is 11.8. The number of rotatable bonds is 3. The molecule has 1 aromatic heterocycles. The van der Waals surface area contributed by atoms with Gasteiger partial charge in [0.15, 0.2) is 15.5 Å². The molecule has 0 radical (unpaired) electrons. The van der Waals surface area contributed by atoms with Crippen LogP contribution in [-0.4, -0.2) is 11.0 Å². The lowest BCUT2D eigenvalue weighted by molar-refractivity contribution is 0.0948. The summed E-state index contributed by atoms with van der Waals surface area (Å²) in [6.07, 6.45) is 0. The number of carbonyl (C=O) groups is 1. The van der Waals surface area contributed by atoms with Crippen LogP contribution in [0.1, 0.15) is 16.1 Å². The monoisotopic (exact) mass is 406 g/mol. The Bertz CT molecular complexity index is 691. The van der Waals surface area contributed by atoms with E-state index in [0.29, 0.717) is 21.3 Å². The summed E-state index contributed by atoms with van der Waals surface area (Å²) in [5.41, 5.74) is 0.818. The molecule has 0 unspecified atom stereocenters. The number of furan rings is 1. The zero-order valence-corrected chi connectivity index (χ0v) is 14.4. The van der Waals surface area contributed by atoms with Gasteiger partial charge in [-0.3, -0.25) is 10.1 Å². The molecule has 8 heteroatoms. The Morgan fingerprint density at radius 1 is 1.29 bits per heavy atom. The molecule has 1 heterocycles. The molecule has 0 fully saturated rings. The molecule has 0 aliphatic heterocycles. The molecule has 2 N–H and O–H groups in total. The summed E-state index contributed by atoms with van der Waals surface area (Å²) in [4.78, 5) is 11.8. The van der Waals surface area contributed by atoms with Gasteiger partial charge in [-0.15, -0.1) is 0 Å². The van der Waals surface area contributed by atoms with Crippen molar-refractivity contribution in [3.63, 3.8) is 0 Å².